The van der Waals surface area contributed by atoms with Crippen molar-refractivity contribution >= 4 is 46.6 Å². The number of hydrogen-bond acceptors (Lipinski definition) is 4. The molecule has 23 heavy (non-hydrogen) atoms. The van der Waals surface area contributed by atoms with E-state index in [1.807, 2.05) is 18.2 Å². The van der Waals surface area contributed by atoms with Crippen LogP contribution in [0.15, 0.2) is 47.6 Å². The third kappa shape index (κ3) is 3.75. The van der Waals surface area contributed by atoms with E-state index in [4.69, 9.17) is 40.6 Å². The van der Waals surface area contributed by atoms with Crippen LogP contribution in [0.1, 0.15) is 5.56 Å². The zero-order chi connectivity index (χ0) is 16.4. The standard InChI is InChI=1S/C15H11Cl3N4S/c16-11-4-1-9(2-5-11)14-20-21-15(22(14)19)23-8-10-3-6-12(17)7-13(10)18/h1-7H,8,19H2. The molecule has 0 aliphatic carbocycles. The van der Waals surface area contributed by atoms with Crippen LogP contribution in [0.2, 0.25) is 15.1 Å². The molecule has 0 aliphatic rings. The smallest absolute Gasteiger partial charge is 0.210 e. The van der Waals surface area contributed by atoms with Crippen LogP contribution in [-0.4, -0.2) is 14.9 Å². The molecule has 2 aromatic carbocycles. The SMILES string of the molecule is Nn1c(SCc2ccc(Cl)cc2Cl)nnc1-c1ccc(Cl)cc1. The van der Waals surface area contributed by atoms with E-state index in [1.54, 1.807) is 24.3 Å². The molecule has 4 nitrogen and oxygen atoms in total. The second-order valence-electron chi connectivity index (χ2n) is 4.71. The maximum absolute atomic E-state index is 6.17. The van der Waals surface area contributed by atoms with Gasteiger partial charge in [-0.25, -0.2) is 4.68 Å². The first-order valence-electron chi connectivity index (χ1n) is 6.58. The van der Waals surface area contributed by atoms with Crippen LogP contribution in [0.5, 0.6) is 0 Å². The van der Waals surface area contributed by atoms with E-state index < -0.39 is 0 Å². The number of benzene rings is 2. The minimum Gasteiger partial charge on any atom is -0.335 e. The van der Waals surface area contributed by atoms with Gasteiger partial charge in [-0.15, -0.1) is 10.2 Å². The highest BCUT2D eigenvalue weighted by molar-refractivity contribution is 7.98. The van der Waals surface area contributed by atoms with Crippen LogP contribution in [0.3, 0.4) is 0 Å². The Bertz CT molecular complexity index is 833. The Labute approximate surface area is 152 Å². The van der Waals surface area contributed by atoms with Gasteiger partial charge < -0.3 is 5.84 Å². The van der Waals surface area contributed by atoms with E-state index in [9.17, 15) is 0 Å². The van der Waals surface area contributed by atoms with Crippen LogP contribution in [0.25, 0.3) is 11.4 Å². The minimum absolute atomic E-state index is 0.575. The Morgan fingerprint density at radius 2 is 1.65 bits per heavy atom. The quantitative estimate of drug-likeness (QED) is 0.512. The average Bonchev–Trinajstić information content (AvgIpc) is 2.88. The molecule has 3 rings (SSSR count). The summed E-state index contributed by atoms with van der Waals surface area (Å²) in [7, 11) is 0. The summed E-state index contributed by atoms with van der Waals surface area (Å²) in [5.41, 5.74) is 1.80. The Morgan fingerprint density at radius 1 is 0.957 bits per heavy atom. The number of hydrogen-bond donors (Lipinski definition) is 1. The molecule has 118 valence electrons. The van der Waals surface area contributed by atoms with Crippen molar-refractivity contribution in [2.45, 2.75) is 10.9 Å². The predicted octanol–water partition coefficient (Wildman–Crippen LogP) is 4.91. The summed E-state index contributed by atoms with van der Waals surface area (Å²) >= 11 is 19.4. The first-order chi connectivity index (χ1) is 11.0. The number of halogens is 3. The second-order valence-corrected chi connectivity index (χ2v) is 6.93. The molecular weight excluding hydrogens is 375 g/mol. The van der Waals surface area contributed by atoms with Crippen molar-refractivity contribution in [1.29, 1.82) is 0 Å². The molecule has 0 saturated carbocycles. The van der Waals surface area contributed by atoms with Crippen molar-refractivity contribution in [3.63, 3.8) is 0 Å². The van der Waals surface area contributed by atoms with Gasteiger partial charge in [0.25, 0.3) is 0 Å². The predicted molar refractivity (Wildman–Crippen MR) is 96.6 cm³/mol. The van der Waals surface area contributed by atoms with Gasteiger partial charge in [-0.05, 0) is 42.0 Å². The topological polar surface area (TPSA) is 56.7 Å². The van der Waals surface area contributed by atoms with Gasteiger partial charge >= 0.3 is 0 Å². The van der Waals surface area contributed by atoms with Gasteiger partial charge in [0.1, 0.15) is 0 Å². The third-order valence-electron chi connectivity index (χ3n) is 3.14. The molecule has 0 spiro atoms. The summed E-state index contributed by atoms with van der Waals surface area (Å²) in [5.74, 6) is 7.28. The highest BCUT2D eigenvalue weighted by Gasteiger charge is 2.13. The Hall–Kier alpha value is -1.40. The van der Waals surface area contributed by atoms with E-state index in [0.717, 1.165) is 11.1 Å². The van der Waals surface area contributed by atoms with Gasteiger partial charge in [0, 0.05) is 26.4 Å². The van der Waals surface area contributed by atoms with Gasteiger partial charge in [-0.1, -0.05) is 52.6 Å². The molecule has 8 heteroatoms. The first-order valence-corrected chi connectivity index (χ1v) is 8.69. The number of nitrogens with two attached hydrogens (primary N) is 1. The molecule has 0 aliphatic heterocycles. The van der Waals surface area contributed by atoms with E-state index in [-0.39, 0.29) is 0 Å². The van der Waals surface area contributed by atoms with Gasteiger partial charge in [0.05, 0.1) is 0 Å². The van der Waals surface area contributed by atoms with Crippen LogP contribution in [-0.2, 0) is 5.75 Å². The van der Waals surface area contributed by atoms with Crippen LogP contribution >= 0.6 is 46.6 Å². The van der Waals surface area contributed by atoms with Gasteiger partial charge in [-0.3, -0.25) is 0 Å². The summed E-state index contributed by atoms with van der Waals surface area (Å²) in [4.78, 5) is 0. The fourth-order valence-electron chi connectivity index (χ4n) is 1.95. The number of nitrogens with zero attached hydrogens (tertiary/aromatic N) is 3. The first kappa shape index (κ1) is 16.5. The molecule has 3 aromatic rings. The number of nitrogen functional groups attached to an aromatic ring is 1. The lowest BCUT2D eigenvalue weighted by Gasteiger charge is -2.05. The summed E-state index contributed by atoms with van der Waals surface area (Å²) < 4.78 is 1.46. The van der Waals surface area contributed by atoms with Crippen molar-refractivity contribution in [3.05, 3.63) is 63.1 Å². The summed E-state index contributed by atoms with van der Waals surface area (Å²) in [5, 5.41) is 10.7. The fraction of sp³-hybridized carbons (Fsp3) is 0.0667. The average molecular weight is 386 g/mol. The Balaban J connectivity index is 1.78. The third-order valence-corrected chi connectivity index (χ3v) is 4.97. The minimum atomic E-state index is 0.575. The molecule has 1 aromatic heterocycles. The van der Waals surface area contributed by atoms with Crippen LogP contribution in [0.4, 0.5) is 0 Å². The zero-order valence-electron chi connectivity index (χ0n) is 11.7. The van der Waals surface area contributed by atoms with E-state index >= 15 is 0 Å². The Morgan fingerprint density at radius 3 is 2.35 bits per heavy atom. The van der Waals surface area contributed by atoms with Gasteiger partial charge in [0.15, 0.2) is 5.82 Å². The number of rotatable bonds is 4. The van der Waals surface area contributed by atoms with Crippen LogP contribution < -0.4 is 5.84 Å². The molecule has 0 saturated heterocycles. The van der Waals surface area contributed by atoms with E-state index in [1.165, 1.54) is 16.4 Å². The number of thioether (sulfide) groups is 1. The lowest BCUT2D eigenvalue weighted by atomic mass is 10.2. The molecule has 0 fully saturated rings. The van der Waals surface area contributed by atoms with Gasteiger partial charge in [0.2, 0.25) is 5.16 Å². The zero-order valence-corrected chi connectivity index (χ0v) is 14.8. The molecular formula is C15H11Cl3N4S. The highest BCUT2D eigenvalue weighted by atomic mass is 35.5. The molecule has 0 radical (unpaired) electrons. The molecule has 0 unspecified atom stereocenters. The summed E-state index contributed by atoms with van der Waals surface area (Å²) in [6, 6.07) is 12.7. The molecule has 2 N–H and O–H groups in total. The fourth-order valence-corrected chi connectivity index (χ4v) is 3.49. The van der Waals surface area contributed by atoms with Crippen molar-refractivity contribution in [1.82, 2.24) is 14.9 Å². The van der Waals surface area contributed by atoms with Crippen molar-refractivity contribution < 1.29 is 0 Å². The monoisotopic (exact) mass is 384 g/mol. The summed E-state index contributed by atoms with van der Waals surface area (Å²) in [6.45, 7) is 0. The molecule has 0 atom stereocenters. The lowest BCUT2D eigenvalue weighted by Crippen LogP contribution is -2.11. The van der Waals surface area contributed by atoms with Crippen molar-refractivity contribution in [2.24, 2.45) is 0 Å². The second kappa shape index (κ2) is 7.01. The van der Waals surface area contributed by atoms with Gasteiger partial charge in [-0.2, -0.15) is 0 Å². The molecule has 0 amide bonds. The van der Waals surface area contributed by atoms with E-state index in [2.05, 4.69) is 10.2 Å². The van der Waals surface area contributed by atoms with Crippen molar-refractivity contribution in [3.8, 4) is 11.4 Å². The lowest BCUT2D eigenvalue weighted by molar-refractivity contribution is 0.849. The Kier molecular flexibility index (Phi) is 5.02. The normalized spacial score (nSPS) is 10.9. The maximum atomic E-state index is 6.17. The molecule has 0 bridgehead atoms. The maximum Gasteiger partial charge on any atom is 0.210 e. The largest absolute Gasteiger partial charge is 0.335 e. The number of aromatic nitrogens is 3. The molecule has 1 heterocycles. The van der Waals surface area contributed by atoms with Crippen LogP contribution in [0, 0.1) is 0 Å². The van der Waals surface area contributed by atoms with E-state index in [0.29, 0.717) is 31.8 Å². The summed E-state index contributed by atoms with van der Waals surface area (Å²) in [6.07, 6.45) is 0. The highest BCUT2D eigenvalue weighted by Crippen LogP contribution is 2.29. The van der Waals surface area contributed by atoms with Crippen molar-refractivity contribution in [2.75, 3.05) is 5.84 Å².